The topological polar surface area (TPSA) is 43.9 Å². The standard InChI is InChI=1S/C28H25N3OSi/c1-18-15-24-25(17-29-18)31(19-9-6-5-7-10-19)28(30-24)23-12-8-11-22-21-14-13-20(33(2,3)4)16-26(21)32-27(22)23/h5-17H,1-4H3. The van der Waals surface area contributed by atoms with E-state index in [0.717, 1.165) is 55.7 Å². The van der Waals surface area contributed by atoms with Gasteiger partial charge in [-0.05, 0) is 37.3 Å². The summed E-state index contributed by atoms with van der Waals surface area (Å²) in [6, 6.07) is 25.4. The third kappa shape index (κ3) is 3.19. The number of rotatable bonds is 3. The highest BCUT2D eigenvalue weighted by Gasteiger charge is 2.22. The van der Waals surface area contributed by atoms with E-state index in [0.29, 0.717) is 0 Å². The van der Waals surface area contributed by atoms with Crippen molar-refractivity contribution in [3.05, 3.63) is 84.7 Å². The molecule has 3 heterocycles. The summed E-state index contributed by atoms with van der Waals surface area (Å²) in [6.07, 6.45) is 1.91. The first-order valence-electron chi connectivity index (χ1n) is 11.3. The number of nitrogens with zero attached hydrogens (tertiary/aromatic N) is 3. The zero-order valence-corrected chi connectivity index (χ0v) is 20.3. The molecule has 0 aliphatic carbocycles. The number of benzene rings is 3. The molecule has 0 spiro atoms. The van der Waals surface area contributed by atoms with E-state index in [1.807, 2.05) is 37.4 Å². The second-order valence-corrected chi connectivity index (χ2v) is 14.7. The van der Waals surface area contributed by atoms with Crippen LogP contribution in [-0.2, 0) is 0 Å². The van der Waals surface area contributed by atoms with E-state index in [4.69, 9.17) is 9.40 Å². The molecule has 6 rings (SSSR count). The van der Waals surface area contributed by atoms with E-state index in [1.54, 1.807) is 0 Å². The third-order valence-electron chi connectivity index (χ3n) is 6.30. The van der Waals surface area contributed by atoms with Crippen molar-refractivity contribution in [1.82, 2.24) is 14.5 Å². The molecule has 3 aromatic carbocycles. The van der Waals surface area contributed by atoms with Gasteiger partial charge in [-0.2, -0.15) is 0 Å². The first kappa shape index (κ1) is 19.9. The zero-order chi connectivity index (χ0) is 22.7. The molecule has 4 nitrogen and oxygen atoms in total. The van der Waals surface area contributed by atoms with Gasteiger partial charge in [-0.15, -0.1) is 0 Å². The molecule has 6 aromatic rings. The Kier molecular flexibility index (Phi) is 4.32. The first-order valence-corrected chi connectivity index (χ1v) is 14.8. The number of aryl methyl sites for hydroxylation is 1. The number of pyridine rings is 1. The molecule has 5 heteroatoms. The summed E-state index contributed by atoms with van der Waals surface area (Å²) < 4.78 is 8.72. The number of aromatic nitrogens is 3. The van der Waals surface area contributed by atoms with E-state index >= 15 is 0 Å². The van der Waals surface area contributed by atoms with Gasteiger partial charge in [0, 0.05) is 22.2 Å². The lowest BCUT2D eigenvalue weighted by molar-refractivity contribution is 0.669. The normalized spacial score (nSPS) is 12.2. The van der Waals surface area contributed by atoms with Gasteiger partial charge in [0.25, 0.3) is 0 Å². The van der Waals surface area contributed by atoms with E-state index < -0.39 is 8.07 Å². The van der Waals surface area contributed by atoms with Crippen LogP contribution in [0.15, 0.2) is 83.4 Å². The minimum Gasteiger partial charge on any atom is -0.455 e. The van der Waals surface area contributed by atoms with Crippen LogP contribution in [-0.4, -0.2) is 22.6 Å². The maximum atomic E-state index is 6.54. The van der Waals surface area contributed by atoms with Crippen molar-refractivity contribution < 1.29 is 4.42 Å². The lowest BCUT2D eigenvalue weighted by Gasteiger charge is -2.15. The predicted octanol–water partition coefficient (Wildman–Crippen LogP) is 6.84. The van der Waals surface area contributed by atoms with Crippen molar-refractivity contribution >= 4 is 46.2 Å². The Morgan fingerprint density at radius 2 is 1.67 bits per heavy atom. The molecule has 0 saturated carbocycles. The molecule has 162 valence electrons. The van der Waals surface area contributed by atoms with Gasteiger partial charge in [0.05, 0.1) is 30.9 Å². The Balaban J connectivity index is 1.68. The summed E-state index contributed by atoms with van der Waals surface area (Å²) in [4.78, 5) is 9.62. The first-order chi connectivity index (χ1) is 15.9. The molecule has 0 atom stereocenters. The van der Waals surface area contributed by atoms with Gasteiger partial charge in [0.2, 0.25) is 0 Å². The number of fused-ring (bicyclic) bond motifs is 4. The maximum Gasteiger partial charge on any atom is 0.149 e. The molecule has 0 unspecified atom stereocenters. The molecule has 0 fully saturated rings. The lowest BCUT2D eigenvalue weighted by Crippen LogP contribution is -2.37. The largest absolute Gasteiger partial charge is 0.455 e. The molecule has 0 aliphatic heterocycles. The molecule has 0 bridgehead atoms. The van der Waals surface area contributed by atoms with Crippen molar-refractivity contribution in [2.45, 2.75) is 26.6 Å². The highest BCUT2D eigenvalue weighted by molar-refractivity contribution is 6.88. The summed E-state index contributed by atoms with van der Waals surface area (Å²) in [5, 5.41) is 3.66. The third-order valence-corrected chi connectivity index (χ3v) is 8.34. The average Bonchev–Trinajstić information content (AvgIpc) is 3.36. The molecular weight excluding hydrogens is 422 g/mol. The van der Waals surface area contributed by atoms with Gasteiger partial charge in [-0.25, -0.2) is 4.98 Å². The highest BCUT2D eigenvalue weighted by atomic mass is 28.3. The van der Waals surface area contributed by atoms with Crippen LogP contribution < -0.4 is 5.19 Å². The Hall–Kier alpha value is -3.70. The number of furan rings is 1. The lowest BCUT2D eigenvalue weighted by atomic mass is 10.1. The quantitative estimate of drug-likeness (QED) is 0.279. The van der Waals surface area contributed by atoms with Crippen LogP contribution in [0.1, 0.15) is 5.69 Å². The zero-order valence-electron chi connectivity index (χ0n) is 19.3. The van der Waals surface area contributed by atoms with Crippen LogP contribution in [0, 0.1) is 6.92 Å². The molecule has 0 N–H and O–H groups in total. The summed E-state index contributed by atoms with van der Waals surface area (Å²) in [5.74, 6) is 0.860. The molecule has 0 aliphatic rings. The van der Waals surface area contributed by atoms with Crippen LogP contribution in [0.2, 0.25) is 19.6 Å². The minimum atomic E-state index is -1.44. The van der Waals surface area contributed by atoms with Crippen LogP contribution >= 0.6 is 0 Å². The Morgan fingerprint density at radius 1 is 0.848 bits per heavy atom. The Labute approximate surface area is 193 Å². The van der Waals surface area contributed by atoms with Gasteiger partial charge < -0.3 is 4.42 Å². The van der Waals surface area contributed by atoms with E-state index in [-0.39, 0.29) is 0 Å². The molecule has 3 aromatic heterocycles. The van der Waals surface area contributed by atoms with Crippen molar-refractivity contribution in [1.29, 1.82) is 0 Å². The fraction of sp³-hybridized carbons (Fsp3) is 0.143. The van der Waals surface area contributed by atoms with Gasteiger partial charge in [0.15, 0.2) is 0 Å². The van der Waals surface area contributed by atoms with Crippen LogP contribution in [0.3, 0.4) is 0 Å². The van der Waals surface area contributed by atoms with E-state index in [2.05, 4.69) is 77.7 Å². The Morgan fingerprint density at radius 3 is 2.45 bits per heavy atom. The molecule has 0 radical (unpaired) electrons. The van der Waals surface area contributed by atoms with E-state index in [9.17, 15) is 0 Å². The van der Waals surface area contributed by atoms with E-state index in [1.165, 1.54) is 5.19 Å². The van der Waals surface area contributed by atoms with Crippen molar-refractivity contribution in [2.24, 2.45) is 0 Å². The second-order valence-electron chi connectivity index (χ2n) is 9.67. The van der Waals surface area contributed by atoms with Crippen LogP contribution in [0.25, 0.3) is 50.0 Å². The molecule has 33 heavy (non-hydrogen) atoms. The fourth-order valence-corrected chi connectivity index (χ4v) is 5.69. The summed E-state index contributed by atoms with van der Waals surface area (Å²) in [6.45, 7) is 9.08. The molecule has 0 amide bonds. The predicted molar refractivity (Wildman–Crippen MR) is 139 cm³/mol. The average molecular weight is 448 g/mol. The highest BCUT2D eigenvalue weighted by Crippen LogP contribution is 2.37. The fourth-order valence-electron chi connectivity index (χ4n) is 4.54. The van der Waals surface area contributed by atoms with Crippen molar-refractivity contribution in [3.63, 3.8) is 0 Å². The number of para-hydroxylation sites is 2. The molecular formula is C28H25N3OSi. The maximum absolute atomic E-state index is 6.54. The Bertz CT molecular complexity index is 1660. The summed E-state index contributed by atoms with van der Waals surface area (Å²) in [5.41, 5.74) is 6.71. The van der Waals surface area contributed by atoms with Gasteiger partial charge >= 0.3 is 0 Å². The van der Waals surface area contributed by atoms with Gasteiger partial charge in [-0.3, -0.25) is 9.55 Å². The van der Waals surface area contributed by atoms with Crippen LogP contribution in [0.5, 0.6) is 0 Å². The van der Waals surface area contributed by atoms with Crippen molar-refractivity contribution in [3.8, 4) is 17.1 Å². The van der Waals surface area contributed by atoms with Gasteiger partial charge in [0.1, 0.15) is 17.0 Å². The number of hydrogen-bond acceptors (Lipinski definition) is 3. The number of imidazole rings is 1. The summed E-state index contributed by atoms with van der Waals surface area (Å²) in [7, 11) is -1.44. The molecule has 0 saturated heterocycles. The SMILES string of the molecule is Cc1cc2nc(-c3cccc4c3oc3cc([Si](C)(C)C)ccc34)n(-c3ccccc3)c2cn1. The van der Waals surface area contributed by atoms with Gasteiger partial charge in [-0.1, -0.05) is 67.3 Å². The van der Waals surface area contributed by atoms with Crippen molar-refractivity contribution in [2.75, 3.05) is 0 Å². The van der Waals surface area contributed by atoms with Crippen LogP contribution in [0.4, 0.5) is 0 Å². The minimum absolute atomic E-state index is 0.860. The summed E-state index contributed by atoms with van der Waals surface area (Å²) >= 11 is 0. The monoisotopic (exact) mass is 447 g/mol. The number of hydrogen-bond donors (Lipinski definition) is 0. The smallest absolute Gasteiger partial charge is 0.149 e. The second kappa shape index (κ2) is 7.15.